The standard InChI is InChI=1S/C13H12FN3O/c1-8-10(3-2-6-16-8)13(18)17-9-4-5-11(14)12(15)7-9/h2-7H,15H2,1H3,(H,17,18). The Kier molecular flexibility index (Phi) is 3.23. The molecule has 4 nitrogen and oxygen atoms in total. The van der Waals surface area contributed by atoms with Crippen molar-refractivity contribution >= 4 is 17.3 Å². The van der Waals surface area contributed by atoms with Gasteiger partial charge in [-0.15, -0.1) is 0 Å². The maximum atomic E-state index is 13.0. The number of amides is 1. The number of hydrogen-bond acceptors (Lipinski definition) is 3. The molecule has 1 aromatic heterocycles. The van der Waals surface area contributed by atoms with Crippen LogP contribution in [0.15, 0.2) is 36.5 Å². The van der Waals surface area contributed by atoms with Gasteiger partial charge in [-0.2, -0.15) is 0 Å². The van der Waals surface area contributed by atoms with Crippen LogP contribution in [-0.4, -0.2) is 10.9 Å². The van der Waals surface area contributed by atoms with Crippen molar-refractivity contribution in [1.29, 1.82) is 0 Å². The first kappa shape index (κ1) is 12.0. The number of pyridine rings is 1. The van der Waals surface area contributed by atoms with Crippen LogP contribution in [0.2, 0.25) is 0 Å². The van der Waals surface area contributed by atoms with Crippen LogP contribution in [0.3, 0.4) is 0 Å². The number of nitrogens with two attached hydrogens (primary N) is 1. The van der Waals surface area contributed by atoms with E-state index < -0.39 is 5.82 Å². The van der Waals surface area contributed by atoms with Gasteiger partial charge in [0.05, 0.1) is 11.3 Å². The molecule has 0 saturated carbocycles. The lowest BCUT2D eigenvalue weighted by Crippen LogP contribution is -2.14. The molecule has 92 valence electrons. The van der Waals surface area contributed by atoms with E-state index in [4.69, 9.17) is 5.73 Å². The summed E-state index contributed by atoms with van der Waals surface area (Å²) < 4.78 is 13.0. The summed E-state index contributed by atoms with van der Waals surface area (Å²) in [6.07, 6.45) is 1.61. The van der Waals surface area contributed by atoms with Crippen molar-refractivity contribution in [2.24, 2.45) is 0 Å². The van der Waals surface area contributed by atoms with Gasteiger partial charge in [-0.25, -0.2) is 4.39 Å². The average molecular weight is 245 g/mol. The summed E-state index contributed by atoms with van der Waals surface area (Å²) in [4.78, 5) is 16.0. The van der Waals surface area contributed by atoms with E-state index in [0.29, 0.717) is 16.9 Å². The van der Waals surface area contributed by atoms with Gasteiger partial charge in [0.1, 0.15) is 5.82 Å². The normalized spacial score (nSPS) is 10.1. The molecule has 2 rings (SSSR count). The number of benzene rings is 1. The lowest BCUT2D eigenvalue weighted by molar-refractivity contribution is 0.102. The van der Waals surface area contributed by atoms with E-state index in [-0.39, 0.29) is 11.6 Å². The Hall–Kier alpha value is -2.43. The molecular weight excluding hydrogens is 233 g/mol. The van der Waals surface area contributed by atoms with Crippen LogP contribution in [0.4, 0.5) is 15.8 Å². The van der Waals surface area contributed by atoms with Crippen molar-refractivity contribution in [3.63, 3.8) is 0 Å². The SMILES string of the molecule is Cc1ncccc1C(=O)Nc1ccc(F)c(N)c1. The van der Waals surface area contributed by atoms with E-state index in [0.717, 1.165) is 0 Å². The molecule has 0 aliphatic heterocycles. The van der Waals surface area contributed by atoms with Crippen LogP contribution in [0.25, 0.3) is 0 Å². The molecule has 0 bridgehead atoms. The second-order valence-electron chi connectivity index (χ2n) is 3.83. The molecule has 0 aliphatic carbocycles. The highest BCUT2D eigenvalue weighted by molar-refractivity contribution is 6.05. The molecule has 1 amide bonds. The largest absolute Gasteiger partial charge is 0.396 e. The predicted molar refractivity (Wildman–Crippen MR) is 67.7 cm³/mol. The van der Waals surface area contributed by atoms with Gasteiger partial charge in [0.15, 0.2) is 0 Å². The molecule has 1 heterocycles. The zero-order chi connectivity index (χ0) is 13.1. The van der Waals surface area contributed by atoms with Gasteiger partial charge >= 0.3 is 0 Å². The fourth-order valence-corrected chi connectivity index (χ4v) is 1.54. The van der Waals surface area contributed by atoms with E-state index in [1.807, 2.05) is 0 Å². The second kappa shape index (κ2) is 4.83. The maximum absolute atomic E-state index is 13.0. The van der Waals surface area contributed by atoms with Crippen LogP contribution < -0.4 is 11.1 Å². The van der Waals surface area contributed by atoms with Crippen molar-refractivity contribution in [2.75, 3.05) is 11.1 Å². The Morgan fingerprint density at radius 1 is 1.39 bits per heavy atom. The van der Waals surface area contributed by atoms with Crippen LogP contribution >= 0.6 is 0 Å². The van der Waals surface area contributed by atoms with Crippen molar-refractivity contribution < 1.29 is 9.18 Å². The topological polar surface area (TPSA) is 68.0 Å². The Balaban J connectivity index is 2.22. The third-order valence-corrected chi connectivity index (χ3v) is 2.51. The number of carbonyl (C=O) groups is 1. The van der Waals surface area contributed by atoms with Gasteiger partial charge in [-0.05, 0) is 37.3 Å². The van der Waals surface area contributed by atoms with E-state index >= 15 is 0 Å². The summed E-state index contributed by atoms with van der Waals surface area (Å²) in [5.74, 6) is -0.808. The smallest absolute Gasteiger partial charge is 0.257 e. The predicted octanol–water partition coefficient (Wildman–Crippen LogP) is 2.36. The number of carbonyl (C=O) groups excluding carboxylic acids is 1. The third kappa shape index (κ3) is 2.45. The number of halogens is 1. The van der Waals surface area contributed by atoms with Crippen LogP contribution in [0.1, 0.15) is 16.1 Å². The molecule has 0 unspecified atom stereocenters. The number of nitrogen functional groups attached to an aromatic ring is 1. The van der Waals surface area contributed by atoms with E-state index in [9.17, 15) is 9.18 Å². The molecule has 3 N–H and O–H groups in total. The fourth-order valence-electron chi connectivity index (χ4n) is 1.54. The Morgan fingerprint density at radius 3 is 2.83 bits per heavy atom. The van der Waals surface area contributed by atoms with Crippen LogP contribution in [0, 0.1) is 12.7 Å². The molecule has 0 spiro atoms. The van der Waals surface area contributed by atoms with E-state index in [2.05, 4.69) is 10.3 Å². The van der Waals surface area contributed by atoms with Gasteiger partial charge < -0.3 is 11.1 Å². The Labute approximate surface area is 104 Å². The molecule has 1 aromatic carbocycles. The average Bonchev–Trinajstić information content (AvgIpc) is 2.34. The molecule has 0 saturated heterocycles. The highest BCUT2D eigenvalue weighted by atomic mass is 19.1. The van der Waals surface area contributed by atoms with Crippen LogP contribution in [0.5, 0.6) is 0 Å². The third-order valence-electron chi connectivity index (χ3n) is 2.51. The number of rotatable bonds is 2. The van der Waals surface area contributed by atoms with Crippen molar-refractivity contribution in [2.45, 2.75) is 6.92 Å². The highest BCUT2D eigenvalue weighted by Crippen LogP contribution is 2.17. The monoisotopic (exact) mass is 245 g/mol. The number of nitrogens with one attached hydrogen (secondary N) is 1. The molecule has 5 heteroatoms. The molecule has 0 radical (unpaired) electrons. The zero-order valence-electron chi connectivity index (χ0n) is 9.77. The summed E-state index contributed by atoms with van der Waals surface area (Å²) in [6, 6.07) is 7.39. The first-order valence-electron chi connectivity index (χ1n) is 5.36. The van der Waals surface area contributed by atoms with Crippen molar-refractivity contribution in [1.82, 2.24) is 4.98 Å². The quantitative estimate of drug-likeness (QED) is 0.798. The molecular formula is C13H12FN3O. The minimum Gasteiger partial charge on any atom is -0.396 e. The second-order valence-corrected chi connectivity index (χ2v) is 3.83. The molecule has 0 atom stereocenters. The summed E-state index contributed by atoms with van der Waals surface area (Å²) in [5.41, 5.74) is 6.97. The first-order chi connectivity index (χ1) is 8.58. The lowest BCUT2D eigenvalue weighted by atomic mass is 10.2. The number of nitrogens with zero attached hydrogens (tertiary/aromatic N) is 1. The lowest BCUT2D eigenvalue weighted by Gasteiger charge is -2.07. The van der Waals surface area contributed by atoms with Gasteiger partial charge in [-0.3, -0.25) is 9.78 Å². The minimum atomic E-state index is -0.509. The molecule has 0 aliphatic rings. The van der Waals surface area contributed by atoms with Gasteiger partial charge in [0.2, 0.25) is 0 Å². The summed E-state index contributed by atoms with van der Waals surface area (Å²) in [7, 11) is 0. The molecule has 18 heavy (non-hydrogen) atoms. The van der Waals surface area contributed by atoms with Crippen molar-refractivity contribution in [3.05, 3.63) is 53.6 Å². The number of anilines is 2. The summed E-state index contributed by atoms with van der Waals surface area (Å²) in [6.45, 7) is 1.74. The number of hydrogen-bond donors (Lipinski definition) is 2. The summed E-state index contributed by atoms with van der Waals surface area (Å²) >= 11 is 0. The van der Waals surface area contributed by atoms with Gasteiger partial charge in [0.25, 0.3) is 5.91 Å². The molecule has 0 fully saturated rings. The number of aromatic nitrogens is 1. The maximum Gasteiger partial charge on any atom is 0.257 e. The van der Waals surface area contributed by atoms with E-state index in [1.165, 1.54) is 18.2 Å². The van der Waals surface area contributed by atoms with E-state index in [1.54, 1.807) is 25.3 Å². The Bertz CT molecular complexity index is 599. The summed E-state index contributed by atoms with van der Waals surface area (Å²) in [5, 5.41) is 2.64. The first-order valence-corrected chi connectivity index (χ1v) is 5.36. The Morgan fingerprint density at radius 2 is 2.17 bits per heavy atom. The van der Waals surface area contributed by atoms with Crippen LogP contribution in [-0.2, 0) is 0 Å². The van der Waals surface area contributed by atoms with Crippen molar-refractivity contribution in [3.8, 4) is 0 Å². The van der Waals surface area contributed by atoms with Gasteiger partial charge in [0, 0.05) is 17.6 Å². The minimum absolute atomic E-state index is 0.00397. The molecule has 2 aromatic rings. The van der Waals surface area contributed by atoms with Gasteiger partial charge in [-0.1, -0.05) is 0 Å². The fraction of sp³-hybridized carbons (Fsp3) is 0.0769. The zero-order valence-corrected chi connectivity index (χ0v) is 9.77. The highest BCUT2D eigenvalue weighted by Gasteiger charge is 2.10. The number of aryl methyl sites for hydroxylation is 1.